The van der Waals surface area contributed by atoms with Crippen LogP contribution in [0.5, 0.6) is 0 Å². The summed E-state index contributed by atoms with van der Waals surface area (Å²) in [5, 5.41) is 2.38. The summed E-state index contributed by atoms with van der Waals surface area (Å²) in [4.78, 5) is 40.0. The molecular weight excluding hydrogens is 310 g/mol. The molecule has 0 saturated carbocycles. The summed E-state index contributed by atoms with van der Waals surface area (Å²) in [6.45, 7) is 0. The number of nitrogens with one attached hydrogen (secondary N) is 1. The molecule has 110 valence electrons. The van der Waals surface area contributed by atoms with Gasteiger partial charge in [0.2, 0.25) is 0 Å². The van der Waals surface area contributed by atoms with Crippen molar-refractivity contribution in [1.29, 1.82) is 0 Å². The molecule has 3 rings (SSSR count). The van der Waals surface area contributed by atoms with Crippen LogP contribution in [0.15, 0.2) is 52.1 Å². The average molecular weight is 318 g/mol. The molecule has 0 fully saturated rings. The second-order valence-corrected chi connectivity index (χ2v) is 4.75. The number of imide groups is 1. The van der Waals surface area contributed by atoms with Gasteiger partial charge >= 0.3 is 0 Å². The fourth-order valence-corrected chi connectivity index (χ4v) is 2.01. The highest BCUT2D eigenvalue weighted by atomic mass is 35.5. The van der Waals surface area contributed by atoms with Gasteiger partial charge in [-0.3, -0.25) is 24.1 Å². The maximum absolute atomic E-state index is 12.3. The standard InChI is InChI=1S/C14H8ClN3O4/c15-8-3-4-11-16-6-9(14(21)18(11)7-8)12(19)17-13(20)10-2-1-5-22-10/h1-7H,(H,17,19,20). The van der Waals surface area contributed by atoms with Gasteiger partial charge in [0.05, 0.1) is 11.3 Å². The predicted octanol–water partition coefficient (Wildman–Crippen LogP) is 1.51. The third kappa shape index (κ3) is 2.49. The molecule has 3 aromatic rings. The first-order valence-electron chi connectivity index (χ1n) is 6.12. The molecule has 8 heteroatoms. The predicted molar refractivity (Wildman–Crippen MR) is 77.0 cm³/mol. The van der Waals surface area contributed by atoms with Crippen molar-refractivity contribution < 1.29 is 14.0 Å². The van der Waals surface area contributed by atoms with E-state index in [9.17, 15) is 14.4 Å². The normalized spacial score (nSPS) is 10.6. The average Bonchev–Trinajstić information content (AvgIpc) is 3.02. The molecule has 3 aromatic heterocycles. The van der Waals surface area contributed by atoms with Crippen LogP contribution in [0, 0.1) is 0 Å². The lowest BCUT2D eigenvalue weighted by Gasteiger charge is -2.04. The summed E-state index contributed by atoms with van der Waals surface area (Å²) in [7, 11) is 0. The van der Waals surface area contributed by atoms with Crippen molar-refractivity contribution in [2.45, 2.75) is 0 Å². The smallest absolute Gasteiger partial charge is 0.293 e. The number of carbonyl (C=O) groups excluding carboxylic acids is 2. The molecule has 2 amide bonds. The zero-order valence-electron chi connectivity index (χ0n) is 10.9. The van der Waals surface area contributed by atoms with Gasteiger partial charge in [0, 0.05) is 12.4 Å². The Hall–Kier alpha value is -2.93. The van der Waals surface area contributed by atoms with E-state index in [4.69, 9.17) is 16.0 Å². The van der Waals surface area contributed by atoms with E-state index in [1.807, 2.05) is 0 Å². The van der Waals surface area contributed by atoms with E-state index in [-0.39, 0.29) is 11.3 Å². The van der Waals surface area contributed by atoms with Crippen LogP contribution in [-0.4, -0.2) is 21.2 Å². The second kappa shape index (κ2) is 5.45. The van der Waals surface area contributed by atoms with Crippen molar-refractivity contribution in [2.75, 3.05) is 0 Å². The number of aromatic nitrogens is 2. The van der Waals surface area contributed by atoms with Gasteiger partial charge in [-0.25, -0.2) is 4.98 Å². The fraction of sp³-hybridized carbons (Fsp3) is 0. The van der Waals surface area contributed by atoms with Crippen molar-refractivity contribution in [1.82, 2.24) is 14.7 Å². The van der Waals surface area contributed by atoms with Gasteiger partial charge in [0.25, 0.3) is 17.4 Å². The van der Waals surface area contributed by atoms with Gasteiger partial charge in [-0.15, -0.1) is 0 Å². The van der Waals surface area contributed by atoms with E-state index in [0.717, 1.165) is 10.6 Å². The van der Waals surface area contributed by atoms with E-state index in [1.54, 1.807) is 12.1 Å². The molecular formula is C14H8ClN3O4. The van der Waals surface area contributed by atoms with Gasteiger partial charge < -0.3 is 4.42 Å². The first-order chi connectivity index (χ1) is 10.6. The van der Waals surface area contributed by atoms with Crippen molar-refractivity contribution in [2.24, 2.45) is 0 Å². The summed E-state index contributed by atoms with van der Waals surface area (Å²) in [5.74, 6) is -1.65. The van der Waals surface area contributed by atoms with Gasteiger partial charge in [0.1, 0.15) is 11.2 Å². The highest BCUT2D eigenvalue weighted by Gasteiger charge is 2.18. The number of halogens is 1. The topological polar surface area (TPSA) is 93.7 Å². The Labute approximate surface area is 128 Å². The second-order valence-electron chi connectivity index (χ2n) is 4.31. The zero-order valence-corrected chi connectivity index (χ0v) is 11.7. The molecule has 7 nitrogen and oxygen atoms in total. The van der Waals surface area contributed by atoms with Crippen LogP contribution >= 0.6 is 11.6 Å². The number of amides is 2. The van der Waals surface area contributed by atoms with Gasteiger partial charge in [0.15, 0.2) is 5.76 Å². The molecule has 0 radical (unpaired) electrons. The number of fused-ring (bicyclic) bond motifs is 1. The SMILES string of the molecule is O=C(NC(=O)c1cnc2ccc(Cl)cn2c1=O)c1ccco1. The summed E-state index contributed by atoms with van der Waals surface area (Å²) >= 11 is 5.82. The third-order valence-electron chi connectivity index (χ3n) is 2.88. The van der Waals surface area contributed by atoms with Crippen molar-refractivity contribution in [3.8, 4) is 0 Å². The zero-order chi connectivity index (χ0) is 15.7. The Morgan fingerprint density at radius 1 is 1.23 bits per heavy atom. The number of hydrogen-bond acceptors (Lipinski definition) is 5. The van der Waals surface area contributed by atoms with Crippen molar-refractivity contribution >= 4 is 29.1 Å². The van der Waals surface area contributed by atoms with Gasteiger partial charge in [-0.2, -0.15) is 0 Å². The summed E-state index contributed by atoms with van der Waals surface area (Å²) in [5.41, 5.74) is -0.569. The first-order valence-corrected chi connectivity index (χ1v) is 6.50. The Balaban J connectivity index is 1.96. The minimum absolute atomic E-state index is 0.0368. The van der Waals surface area contributed by atoms with Crippen LogP contribution in [0.4, 0.5) is 0 Å². The number of rotatable bonds is 2. The number of nitrogens with zero attached hydrogens (tertiary/aromatic N) is 2. The van der Waals surface area contributed by atoms with Crippen LogP contribution in [0.25, 0.3) is 5.65 Å². The van der Waals surface area contributed by atoms with Crippen LogP contribution in [0.1, 0.15) is 20.9 Å². The maximum atomic E-state index is 12.3. The van der Waals surface area contributed by atoms with Crippen LogP contribution in [-0.2, 0) is 0 Å². The number of furan rings is 1. The number of hydrogen-bond donors (Lipinski definition) is 1. The quantitative estimate of drug-likeness (QED) is 0.723. The van der Waals surface area contributed by atoms with Crippen LogP contribution in [0.3, 0.4) is 0 Å². The molecule has 0 unspecified atom stereocenters. The summed E-state index contributed by atoms with van der Waals surface area (Å²) in [6, 6.07) is 6.02. The van der Waals surface area contributed by atoms with Gasteiger partial charge in [-0.1, -0.05) is 11.6 Å². The maximum Gasteiger partial charge on any atom is 0.293 e. The molecule has 0 bridgehead atoms. The van der Waals surface area contributed by atoms with Gasteiger partial charge in [-0.05, 0) is 24.3 Å². The Bertz CT molecular complexity index is 931. The van der Waals surface area contributed by atoms with Crippen molar-refractivity contribution in [3.63, 3.8) is 0 Å². The summed E-state index contributed by atoms with van der Waals surface area (Å²) in [6.07, 6.45) is 3.75. The third-order valence-corrected chi connectivity index (χ3v) is 3.11. The van der Waals surface area contributed by atoms with E-state index >= 15 is 0 Å². The molecule has 0 aliphatic rings. The Morgan fingerprint density at radius 3 is 2.77 bits per heavy atom. The molecule has 0 aromatic carbocycles. The molecule has 0 aliphatic carbocycles. The monoisotopic (exact) mass is 317 g/mol. The number of pyridine rings is 1. The molecule has 0 saturated heterocycles. The molecule has 0 aliphatic heterocycles. The van der Waals surface area contributed by atoms with Crippen LogP contribution in [0.2, 0.25) is 5.02 Å². The highest BCUT2D eigenvalue weighted by Crippen LogP contribution is 2.08. The van der Waals surface area contributed by atoms with E-state index < -0.39 is 17.4 Å². The summed E-state index contributed by atoms with van der Waals surface area (Å²) < 4.78 is 6.00. The van der Waals surface area contributed by atoms with Crippen molar-refractivity contribution in [3.05, 3.63) is 69.6 Å². The Morgan fingerprint density at radius 2 is 2.05 bits per heavy atom. The minimum Gasteiger partial charge on any atom is -0.459 e. The molecule has 1 N–H and O–H groups in total. The van der Waals surface area contributed by atoms with E-state index in [2.05, 4.69) is 10.3 Å². The largest absolute Gasteiger partial charge is 0.459 e. The molecule has 22 heavy (non-hydrogen) atoms. The van der Waals surface area contributed by atoms with E-state index in [0.29, 0.717) is 10.7 Å². The molecule has 0 spiro atoms. The first kappa shape index (κ1) is 14.0. The Kier molecular flexibility index (Phi) is 3.48. The number of carbonyl (C=O) groups is 2. The lowest BCUT2D eigenvalue weighted by molar-refractivity contribution is 0.0831. The lowest BCUT2D eigenvalue weighted by atomic mass is 10.3. The fourth-order valence-electron chi connectivity index (χ4n) is 1.85. The highest BCUT2D eigenvalue weighted by molar-refractivity contribution is 6.30. The lowest BCUT2D eigenvalue weighted by Crippen LogP contribution is -2.35. The van der Waals surface area contributed by atoms with E-state index in [1.165, 1.54) is 24.6 Å². The minimum atomic E-state index is -0.867. The van der Waals surface area contributed by atoms with Crippen LogP contribution < -0.4 is 10.9 Å². The molecule has 3 heterocycles. The molecule has 0 atom stereocenters.